The van der Waals surface area contributed by atoms with E-state index in [4.69, 9.17) is 14.2 Å². The van der Waals surface area contributed by atoms with Crippen LogP contribution in [0.25, 0.3) is 21.5 Å². The van der Waals surface area contributed by atoms with Gasteiger partial charge in [-0.3, -0.25) is 0 Å². The Morgan fingerprint density at radius 1 is 0.955 bits per heavy atom. The lowest BCUT2D eigenvalue weighted by Gasteiger charge is -2.14. The van der Waals surface area contributed by atoms with Gasteiger partial charge in [-0.2, -0.15) is 0 Å². The van der Waals surface area contributed by atoms with Crippen molar-refractivity contribution in [2.75, 3.05) is 21.3 Å². The van der Waals surface area contributed by atoms with Crippen LogP contribution < -0.4 is 14.2 Å². The molecule has 1 aromatic carbocycles. The number of hydrogen-bond acceptors (Lipinski definition) is 6. The molecule has 0 bridgehead atoms. The van der Waals surface area contributed by atoms with Crippen LogP contribution in [0.2, 0.25) is 0 Å². The third-order valence-electron chi connectivity index (χ3n) is 3.35. The Bertz CT molecular complexity index is 804. The van der Waals surface area contributed by atoms with E-state index in [1.165, 1.54) is 0 Å². The van der Waals surface area contributed by atoms with Crippen molar-refractivity contribution in [2.24, 2.45) is 0 Å². The molecule has 3 aromatic rings. The largest absolute Gasteiger partial charge is 0.493 e. The number of methoxy groups -OCH3 is 3. The molecule has 114 valence electrons. The maximum atomic E-state index is 5.42. The summed E-state index contributed by atoms with van der Waals surface area (Å²) in [6.07, 6.45) is 0. The lowest BCUT2D eigenvalue weighted by atomic mass is 10.1. The van der Waals surface area contributed by atoms with E-state index in [0.717, 1.165) is 27.3 Å². The Labute approximate surface area is 132 Å². The van der Waals surface area contributed by atoms with E-state index >= 15 is 0 Å². The minimum atomic E-state index is 0.571. The van der Waals surface area contributed by atoms with Crippen molar-refractivity contribution in [1.29, 1.82) is 0 Å². The van der Waals surface area contributed by atoms with Crippen LogP contribution in [0.3, 0.4) is 0 Å². The number of aryl methyl sites for hydroxylation is 1. The molecule has 0 spiro atoms. The normalized spacial score (nSPS) is 10.7. The van der Waals surface area contributed by atoms with E-state index in [1.807, 2.05) is 30.5 Å². The lowest BCUT2D eigenvalue weighted by Crippen LogP contribution is -1.97. The van der Waals surface area contributed by atoms with Crippen LogP contribution >= 0.6 is 11.3 Å². The summed E-state index contributed by atoms with van der Waals surface area (Å²) in [6.45, 7) is 1.89. The van der Waals surface area contributed by atoms with Crippen LogP contribution in [0.5, 0.6) is 17.2 Å². The maximum Gasteiger partial charge on any atom is 0.203 e. The van der Waals surface area contributed by atoms with Crippen LogP contribution in [0.1, 0.15) is 5.82 Å². The monoisotopic (exact) mass is 316 g/mol. The number of fused-ring (bicyclic) bond motifs is 1. The summed E-state index contributed by atoms with van der Waals surface area (Å²) in [5.41, 5.74) is 2.73. The Morgan fingerprint density at radius 2 is 1.64 bits per heavy atom. The molecule has 2 heterocycles. The standard InChI is InChI=1S/C16H16N2O3S/c1-9-17-11-5-6-22-16(11)14(18-9)10-7-12(19-2)15(21-4)13(8-10)20-3/h5-8H,1-4H3. The van der Waals surface area contributed by atoms with Crippen LogP contribution in [-0.4, -0.2) is 31.3 Å². The van der Waals surface area contributed by atoms with Gasteiger partial charge >= 0.3 is 0 Å². The van der Waals surface area contributed by atoms with Gasteiger partial charge in [-0.1, -0.05) is 0 Å². The molecular weight excluding hydrogens is 300 g/mol. The molecule has 0 aliphatic heterocycles. The predicted molar refractivity (Wildman–Crippen MR) is 87.2 cm³/mol. The summed E-state index contributed by atoms with van der Waals surface area (Å²) in [6, 6.07) is 5.81. The molecule has 0 saturated heterocycles. The average Bonchev–Trinajstić information content (AvgIpc) is 3.00. The van der Waals surface area contributed by atoms with Gasteiger partial charge in [-0.05, 0) is 30.5 Å². The fourth-order valence-corrected chi connectivity index (χ4v) is 3.24. The highest BCUT2D eigenvalue weighted by molar-refractivity contribution is 7.17. The second-order valence-electron chi connectivity index (χ2n) is 4.67. The molecule has 6 heteroatoms. The van der Waals surface area contributed by atoms with Gasteiger partial charge in [-0.15, -0.1) is 11.3 Å². The molecule has 0 saturated carbocycles. The van der Waals surface area contributed by atoms with Crippen LogP contribution in [0, 0.1) is 6.92 Å². The van der Waals surface area contributed by atoms with Gasteiger partial charge < -0.3 is 14.2 Å². The molecule has 3 rings (SSSR count). The van der Waals surface area contributed by atoms with E-state index in [1.54, 1.807) is 32.7 Å². The first-order valence-corrected chi connectivity index (χ1v) is 7.58. The lowest BCUT2D eigenvalue weighted by molar-refractivity contribution is 0.324. The van der Waals surface area contributed by atoms with Crippen molar-refractivity contribution in [3.05, 3.63) is 29.4 Å². The van der Waals surface area contributed by atoms with Crippen molar-refractivity contribution in [3.8, 4) is 28.5 Å². The Morgan fingerprint density at radius 3 is 2.23 bits per heavy atom. The van der Waals surface area contributed by atoms with Gasteiger partial charge in [0.1, 0.15) is 5.82 Å². The highest BCUT2D eigenvalue weighted by atomic mass is 32.1. The van der Waals surface area contributed by atoms with Crippen molar-refractivity contribution in [2.45, 2.75) is 6.92 Å². The van der Waals surface area contributed by atoms with Crippen molar-refractivity contribution in [1.82, 2.24) is 9.97 Å². The van der Waals surface area contributed by atoms with Gasteiger partial charge in [0.25, 0.3) is 0 Å². The fraction of sp³-hybridized carbons (Fsp3) is 0.250. The van der Waals surface area contributed by atoms with Crippen molar-refractivity contribution < 1.29 is 14.2 Å². The van der Waals surface area contributed by atoms with E-state index < -0.39 is 0 Å². The molecule has 0 aliphatic carbocycles. The second kappa shape index (κ2) is 5.81. The number of benzene rings is 1. The van der Waals surface area contributed by atoms with E-state index in [9.17, 15) is 0 Å². The molecule has 0 N–H and O–H groups in total. The highest BCUT2D eigenvalue weighted by Crippen LogP contribution is 2.42. The Balaban J connectivity index is 2.28. The van der Waals surface area contributed by atoms with Gasteiger partial charge in [0, 0.05) is 5.56 Å². The zero-order chi connectivity index (χ0) is 15.7. The molecule has 0 aliphatic rings. The Kier molecular flexibility index (Phi) is 3.85. The van der Waals surface area contributed by atoms with Crippen LogP contribution in [0.4, 0.5) is 0 Å². The van der Waals surface area contributed by atoms with E-state index in [2.05, 4.69) is 9.97 Å². The second-order valence-corrected chi connectivity index (χ2v) is 5.58. The molecule has 22 heavy (non-hydrogen) atoms. The SMILES string of the molecule is COc1cc(-c2nc(C)nc3ccsc23)cc(OC)c1OC. The first-order chi connectivity index (χ1) is 10.7. The van der Waals surface area contributed by atoms with Gasteiger partial charge in [-0.25, -0.2) is 9.97 Å². The predicted octanol–water partition coefficient (Wildman–Crippen LogP) is 3.69. The van der Waals surface area contributed by atoms with E-state index in [-0.39, 0.29) is 0 Å². The first-order valence-electron chi connectivity index (χ1n) is 6.70. The molecular formula is C16H16N2O3S. The minimum absolute atomic E-state index is 0.571. The summed E-state index contributed by atoms with van der Waals surface area (Å²) in [7, 11) is 4.80. The quantitative estimate of drug-likeness (QED) is 0.734. The summed E-state index contributed by atoms with van der Waals surface area (Å²) in [5, 5.41) is 2.01. The molecule has 2 aromatic heterocycles. The summed E-state index contributed by atoms with van der Waals surface area (Å²) in [4.78, 5) is 9.05. The highest BCUT2D eigenvalue weighted by Gasteiger charge is 2.17. The van der Waals surface area contributed by atoms with Crippen LogP contribution in [-0.2, 0) is 0 Å². The number of rotatable bonds is 4. The molecule has 5 nitrogen and oxygen atoms in total. The number of aromatic nitrogens is 2. The number of hydrogen-bond donors (Lipinski definition) is 0. The van der Waals surface area contributed by atoms with Gasteiger partial charge in [0.2, 0.25) is 5.75 Å². The topological polar surface area (TPSA) is 53.5 Å². The van der Waals surface area contributed by atoms with Crippen molar-refractivity contribution in [3.63, 3.8) is 0 Å². The van der Waals surface area contributed by atoms with Gasteiger partial charge in [0.05, 0.1) is 37.2 Å². The Hall–Kier alpha value is -2.34. The number of ether oxygens (including phenoxy) is 3. The zero-order valence-corrected chi connectivity index (χ0v) is 13.7. The first kappa shape index (κ1) is 14.6. The number of thiophene rings is 1. The molecule has 0 amide bonds. The zero-order valence-electron chi connectivity index (χ0n) is 12.8. The third kappa shape index (κ3) is 2.35. The number of nitrogens with zero attached hydrogens (tertiary/aromatic N) is 2. The average molecular weight is 316 g/mol. The fourth-order valence-electron chi connectivity index (χ4n) is 2.39. The summed E-state index contributed by atoms with van der Waals surface area (Å²) < 4.78 is 17.2. The van der Waals surface area contributed by atoms with Crippen LogP contribution in [0.15, 0.2) is 23.6 Å². The molecule has 0 unspecified atom stereocenters. The minimum Gasteiger partial charge on any atom is -0.493 e. The maximum absolute atomic E-state index is 5.42. The smallest absolute Gasteiger partial charge is 0.203 e. The molecule has 0 fully saturated rings. The molecule has 0 atom stereocenters. The summed E-state index contributed by atoms with van der Waals surface area (Å²) >= 11 is 1.62. The summed E-state index contributed by atoms with van der Waals surface area (Å²) in [5.74, 6) is 2.52. The van der Waals surface area contributed by atoms with E-state index in [0.29, 0.717) is 17.2 Å². The van der Waals surface area contributed by atoms with Gasteiger partial charge in [0.15, 0.2) is 11.5 Å². The third-order valence-corrected chi connectivity index (χ3v) is 4.26. The van der Waals surface area contributed by atoms with Crippen molar-refractivity contribution >= 4 is 21.6 Å². The molecule has 0 radical (unpaired) electrons.